The molecule has 0 radical (unpaired) electrons. The highest BCUT2D eigenvalue weighted by molar-refractivity contribution is 5.80. The zero-order valence-electron chi connectivity index (χ0n) is 12.8. The van der Waals surface area contributed by atoms with E-state index >= 15 is 0 Å². The second kappa shape index (κ2) is 8.97. The SMILES string of the molecule is CCNC(=NCCC1=CCOCC1)NC(C)C(C)C. The van der Waals surface area contributed by atoms with Crippen molar-refractivity contribution in [1.82, 2.24) is 10.6 Å². The highest BCUT2D eigenvalue weighted by atomic mass is 16.5. The Morgan fingerprint density at radius 1 is 1.42 bits per heavy atom. The Balaban J connectivity index is 2.41. The van der Waals surface area contributed by atoms with Crippen LogP contribution in [0, 0.1) is 5.92 Å². The Morgan fingerprint density at radius 2 is 2.21 bits per heavy atom. The maximum atomic E-state index is 5.31. The molecule has 0 amide bonds. The van der Waals surface area contributed by atoms with Gasteiger partial charge in [0, 0.05) is 19.1 Å². The van der Waals surface area contributed by atoms with Crippen molar-refractivity contribution >= 4 is 5.96 Å². The van der Waals surface area contributed by atoms with Gasteiger partial charge in [-0.25, -0.2) is 0 Å². The quantitative estimate of drug-likeness (QED) is 0.441. The summed E-state index contributed by atoms with van der Waals surface area (Å²) in [6, 6.07) is 0.431. The number of nitrogens with zero attached hydrogens (tertiary/aromatic N) is 1. The van der Waals surface area contributed by atoms with Crippen LogP contribution in [0.4, 0.5) is 0 Å². The molecule has 1 aliphatic heterocycles. The molecule has 0 saturated heterocycles. The van der Waals surface area contributed by atoms with Crippen LogP contribution in [0.1, 0.15) is 40.5 Å². The number of aliphatic imine (C=N–C) groups is 1. The summed E-state index contributed by atoms with van der Waals surface area (Å²) in [6.45, 7) is 12.1. The van der Waals surface area contributed by atoms with Crippen LogP contribution in [0.5, 0.6) is 0 Å². The van der Waals surface area contributed by atoms with E-state index in [0.29, 0.717) is 12.0 Å². The van der Waals surface area contributed by atoms with Crippen molar-refractivity contribution in [3.05, 3.63) is 11.6 Å². The van der Waals surface area contributed by atoms with Gasteiger partial charge in [-0.05, 0) is 32.6 Å². The Kier molecular flexibility index (Phi) is 7.56. The number of guanidine groups is 1. The maximum Gasteiger partial charge on any atom is 0.191 e. The standard InChI is InChI=1S/C15H29N3O/c1-5-16-15(18-13(4)12(2)3)17-9-6-14-7-10-19-11-8-14/h7,12-13H,5-6,8-11H2,1-4H3,(H2,16,17,18). The molecule has 1 heterocycles. The first kappa shape index (κ1) is 16.0. The van der Waals surface area contributed by atoms with E-state index in [1.165, 1.54) is 5.57 Å². The van der Waals surface area contributed by atoms with Gasteiger partial charge < -0.3 is 15.4 Å². The number of rotatable bonds is 6. The average molecular weight is 267 g/mol. The van der Waals surface area contributed by atoms with Crippen LogP contribution in [-0.2, 0) is 4.74 Å². The minimum atomic E-state index is 0.431. The second-order valence-electron chi connectivity index (χ2n) is 5.37. The first-order valence-corrected chi connectivity index (χ1v) is 7.44. The molecule has 4 nitrogen and oxygen atoms in total. The summed E-state index contributed by atoms with van der Waals surface area (Å²) in [5.74, 6) is 1.53. The van der Waals surface area contributed by atoms with E-state index in [1.807, 2.05) is 0 Å². The van der Waals surface area contributed by atoms with Gasteiger partial charge in [0.2, 0.25) is 0 Å². The van der Waals surface area contributed by atoms with Crippen molar-refractivity contribution in [2.75, 3.05) is 26.3 Å². The predicted molar refractivity (Wildman–Crippen MR) is 81.6 cm³/mol. The van der Waals surface area contributed by atoms with E-state index in [2.05, 4.69) is 49.4 Å². The Bertz CT molecular complexity index is 311. The largest absolute Gasteiger partial charge is 0.377 e. The van der Waals surface area contributed by atoms with E-state index < -0.39 is 0 Å². The number of nitrogens with one attached hydrogen (secondary N) is 2. The first-order valence-electron chi connectivity index (χ1n) is 7.44. The summed E-state index contributed by atoms with van der Waals surface area (Å²) < 4.78 is 5.31. The monoisotopic (exact) mass is 267 g/mol. The van der Waals surface area contributed by atoms with Crippen LogP contribution in [-0.4, -0.2) is 38.3 Å². The molecule has 0 aromatic heterocycles. The van der Waals surface area contributed by atoms with Crippen molar-refractivity contribution in [3.8, 4) is 0 Å². The normalized spacial score (nSPS) is 18.2. The molecule has 1 atom stereocenters. The van der Waals surface area contributed by atoms with Gasteiger partial charge in [0.25, 0.3) is 0 Å². The van der Waals surface area contributed by atoms with E-state index in [9.17, 15) is 0 Å². The molecular formula is C15H29N3O. The zero-order chi connectivity index (χ0) is 14.1. The lowest BCUT2D eigenvalue weighted by molar-refractivity contribution is 0.153. The molecule has 2 N–H and O–H groups in total. The lowest BCUT2D eigenvalue weighted by Gasteiger charge is -2.21. The molecule has 0 fully saturated rings. The van der Waals surface area contributed by atoms with Gasteiger partial charge in [0.15, 0.2) is 5.96 Å². The van der Waals surface area contributed by atoms with Crippen LogP contribution in [0.3, 0.4) is 0 Å². The molecule has 0 spiro atoms. The van der Waals surface area contributed by atoms with Gasteiger partial charge in [-0.2, -0.15) is 0 Å². The third-order valence-corrected chi connectivity index (χ3v) is 3.47. The van der Waals surface area contributed by atoms with Crippen LogP contribution < -0.4 is 10.6 Å². The molecule has 0 bridgehead atoms. The smallest absolute Gasteiger partial charge is 0.191 e. The molecule has 0 aromatic carbocycles. The topological polar surface area (TPSA) is 45.7 Å². The summed E-state index contributed by atoms with van der Waals surface area (Å²) >= 11 is 0. The van der Waals surface area contributed by atoms with Crippen LogP contribution in [0.25, 0.3) is 0 Å². The minimum absolute atomic E-state index is 0.431. The van der Waals surface area contributed by atoms with Gasteiger partial charge in [-0.15, -0.1) is 0 Å². The van der Waals surface area contributed by atoms with Gasteiger partial charge in [0.1, 0.15) is 0 Å². The van der Waals surface area contributed by atoms with E-state index in [0.717, 1.165) is 45.1 Å². The van der Waals surface area contributed by atoms with Crippen LogP contribution >= 0.6 is 0 Å². The molecule has 0 saturated carbocycles. The fourth-order valence-corrected chi connectivity index (χ4v) is 1.81. The number of hydrogen-bond donors (Lipinski definition) is 2. The van der Waals surface area contributed by atoms with Crippen molar-refractivity contribution < 1.29 is 4.74 Å². The van der Waals surface area contributed by atoms with Crippen molar-refractivity contribution in [2.24, 2.45) is 10.9 Å². The molecule has 0 aromatic rings. The fraction of sp³-hybridized carbons (Fsp3) is 0.800. The number of ether oxygens (including phenoxy) is 1. The molecular weight excluding hydrogens is 238 g/mol. The first-order chi connectivity index (χ1) is 9.13. The second-order valence-corrected chi connectivity index (χ2v) is 5.37. The van der Waals surface area contributed by atoms with Crippen molar-refractivity contribution in [1.29, 1.82) is 0 Å². The molecule has 1 rings (SSSR count). The van der Waals surface area contributed by atoms with Gasteiger partial charge in [0.05, 0.1) is 13.2 Å². The molecule has 110 valence electrons. The van der Waals surface area contributed by atoms with Crippen molar-refractivity contribution in [3.63, 3.8) is 0 Å². The Labute approximate surface area is 117 Å². The zero-order valence-corrected chi connectivity index (χ0v) is 12.8. The molecule has 4 heteroatoms. The van der Waals surface area contributed by atoms with Crippen LogP contribution in [0.2, 0.25) is 0 Å². The molecule has 19 heavy (non-hydrogen) atoms. The highest BCUT2D eigenvalue weighted by Gasteiger charge is 2.09. The summed E-state index contributed by atoms with van der Waals surface area (Å²) in [5, 5.41) is 6.75. The summed E-state index contributed by atoms with van der Waals surface area (Å²) in [4.78, 5) is 4.64. The number of hydrogen-bond acceptors (Lipinski definition) is 2. The summed E-state index contributed by atoms with van der Waals surface area (Å²) in [6.07, 6.45) is 4.29. The van der Waals surface area contributed by atoms with E-state index in [4.69, 9.17) is 4.74 Å². The minimum Gasteiger partial charge on any atom is -0.377 e. The summed E-state index contributed by atoms with van der Waals surface area (Å²) in [5.41, 5.74) is 1.47. The average Bonchev–Trinajstić information content (AvgIpc) is 2.40. The Hall–Kier alpha value is -1.03. The van der Waals surface area contributed by atoms with Crippen LogP contribution in [0.15, 0.2) is 16.6 Å². The Morgan fingerprint density at radius 3 is 2.79 bits per heavy atom. The maximum absolute atomic E-state index is 5.31. The third-order valence-electron chi connectivity index (χ3n) is 3.47. The lowest BCUT2D eigenvalue weighted by atomic mass is 10.1. The molecule has 1 aliphatic rings. The lowest BCUT2D eigenvalue weighted by Crippen LogP contribution is -2.44. The van der Waals surface area contributed by atoms with Gasteiger partial charge in [-0.3, -0.25) is 4.99 Å². The predicted octanol–water partition coefficient (Wildman–Crippen LogP) is 2.32. The highest BCUT2D eigenvalue weighted by Crippen LogP contribution is 2.11. The fourth-order valence-electron chi connectivity index (χ4n) is 1.81. The van der Waals surface area contributed by atoms with Gasteiger partial charge in [-0.1, -0.05) is 25.5 Å². The molecule has 0 aliphatic carbocycles. The van der Waals surface area contributed by atoms with E-state index in [-0.39, 0.29) is 0 Å². The summed E-state index contributed by atoms with van der Waals surface area (Å²) in [7, 11) is 0. The molecule has 1 unspecified atom stereocenters. The van der Waals surface area contributed by atoms with Crippen molar-refractivity contribution in [2.45, 2.75) is 46.6 Å². The third kappa shape index (κ3) is 6.62. The van der Waals surface area contributed by atoms with Gasteiger partial charge >= 0.3 is 0 Å². The van der Waals surface area contributed by atoms with E-state index in [1.54, 1.807) is 0 Å².